The molecule has 1 spiro atoms. The Kier molecular flexibility index (Phi) is 8.79. The van der Waals surface area contributed by atoms with Crippen molar-refractivity contribution >= 4 is 58.2 Å². The number of halogens is 4. The van der Waals surface area contributed by atoms with Crippen LogP contribution in [0, 0.1) is 0 Å². The van der Waals surface area contributed by atoms with Gasteiger partial charge in [-0.3, -0.25) is 9.59 Å². The maximum Gasteiger partial charge on any atom is 0.258 e. The normalized spacial score (nSPS) is 22.4. The summed E-state index contributed by atoms with van der Waals surface area (Å²) in [5, 5.41) is 0. The number of nitrogens with zero attached hydrogens (tertiary/aromatic N) is 2. The molecule has 31 heavy (non-hydrogen) atoms. The molecule has 1 atom stereocenters. The third-order valence-electron chi connectivity index (χ3n) is 6.33. The van der Waals surface area contributed by atoms with Gasteiger partial charge < -0.3 is 14.5 Å². The molecule has 1 aromatic rings. The summed E-state index contributed by atoms with van der Waals surface area (Å²) in [6, 6.07) is 8.22. The predicted octanol–water partition coefficient (Wildman–Crippen LogP) is 5.25. The highest BCUT2D eigenvalue weighted by Gasteiger charge is 2.46. The van der Waals surface area contributed by atoms with Crippen LogP contribution in [-0.4, -0.2) is 56.7 Å². The lowest BCUT2D eigenvalue weighted by Gasteiger charge is -2.40. The summed E-state index contributed by atoms with van der Waals surface area (Å²) in [5.41, 5.74) is 2.10. The predicted molar refractivity (Wildman–Crippen MR) is 125 cm³/mol. The van der Waals surface area contributed by atoms with Crippen molar-refractivity contribution in [2.75, 3.05) is 19.7 Å². The molecule has 0 aromatic heterocycles. The van der Waals surface area contributed by atoms with E-state index < -0.39 is 15.4 Å². The van der Waals surface area contributed by atoms with Crippen LogP contribution in [0.15, 0.2) is 24.3 Å². The van der Waals surface area contributed by atoms with Gasteiger partial charge in [0.15, 0.2) is 9.67 Å². The monoisotopic (exact) mass is 508 g/mol. The zero-order valence-electron chi connectivity index (χ0n) is 17.5. The van der Waals surface area contributed by atoms with Crippen molar-refractivity contribution in [1.29, 1.82) is 0 Å². The minimum atomic E-state index is -0.967. The molecule has 3 aliphatic rings. The van der Waals surface area contributed by atoms with Crippen LogP contribution in [0.3, 0.4) is 0 Å². The molecule has 2 fully saturated rings. The van der Waals surface area contributed by atoms with Gasteiger partial charge in [0.05, 0.1) is 12.6 Å². The van der Waals surface area contributed by atoms with Gasteiger partial charge in [0.1, 0.15) is 5.72 Å². The molecule has 1 saturated heterocycles. The third-order valence-corrected chi connectivity index (χ3v) is 7.08. The summed E-state index contributed by atoms with van der Waals surface area (Å²) in [6.07, 6.45) is 6.14. The molecule has 172 valence electrons. The van der Waals surface area contributed by atoms with Crippen molar-refractivity contribution in [3.63, 3.8) is 0 Å². The lowest BCUT2D eigenvalue weighted by atomic mass is 9.90. The van der Waals surface area contributed by atoms with Crippen LogP contribution in [0.2, 0.25) is 0 Å². The molecular formula is C22H28Cl4N2O3. The summed E-state index contributed by atoms with van der Waals surface area (Å²) in [4.78, 5) is 25.1. The summed E-state index contributed by atoms with van der Waals surface area (Å²) in [5.74, 6) is -0.414. The highest BCUT2D eigenvalue weighted by molar-refractivity contribution is 6.53. The molecule has 9 heteroatoms. The van der Waals surface area contributed by atoms with Gasteiger partial charge >= 0.3 is 0 Å². The van der Waals surface area contributed by atoms with Crippen molar-refractivity contribution in [3.05, 3.63) is 35.4 Å². The fourth-order valence-corrected chi connectivity index (χ4v) is 5.24. The average Bonchev–Trinajstić information content (AvgIpc) is 3.16. The summed E-state index contributed by atoms with van der Waals surface area (Å²) >= 11 is 22.5. The number of rotatable bonds is 2. The quantitative estimate of drug-likeness (QED) is 0.512. The Morgan fingerprint density at radius 3 is 2.29 bits per heavy atom. The molecule has 2 heterocycles. The van der Waals surface area contributed by atoms with Gasteiger partial charge in [-0.05, 0) is 50.2 Å². The van der Waals surface area contributed by atoms with E-state index in [1.807, 2.05) is 19.1 Å². The van der Waals surface area contributed by atoms with Crippen LogP contribution in [-0.2, 0) is 20.7 Å². The van der Waals surface area contributed by atoms with E-state index in [1.54, 1.807) is 9.80 Å². The van der Waals surface area contributed by atoms with E-state index in [0.717, 1.165) is 32.1 Å². The maximum absolute atomic E-state index is 11.8. The highest BCUT2D eigenvalue weighted by atomic mass is 35.5. The topological polar surface area (TPSA) is 49.9 Å². The third kappa shape index (κ3) is 5.62. The second-order valence-corrected chi connectivity index (χ2v) is 10.3. The maximum atomic E-state index is 11.8. The number of carbonyl (C=O) groups excluding carboxylic acids is 2. The molecule has 0 N–H and O–H groups in total. The lowest BCUT2D eigenvalue weighted by Crippen LogP contribution is -2.51. The first-order valence-corrected chi connectivity index (χ1v) is 12.4. The number of hydrogen-bond acceptors (Lipinski definition) is 3. The number of benzene rings is 1. The Bertz CT molecular complexity index is 784. The minimum absolute atomic E-state index is 0.0532. The van der Waals surface area contributed by atoms with Gasteiger partial charge in [-0.2, -0.15) is 0 Å². The Hall–Kier alpha value is -0.720. The summed E-state index contributed by atoms with van der Waals surface area (Å²) < 4.78 is 5.75. The SMILES string of the molecule is CC1c2ccccc2CCN1C(=O)C(Cl)Cl.O=C(C(Cl)Cl)N1CCOC12CCCCC2. The molecule has 1 aliphatic carbocycles. The molecule has 2 aliphatic heterocycles. The van der Waals surface area contributed by atoms with E-state index in [9.17, 15) is 9.59 Å². The summed E-state index contributed by atoms with van der Waals surface area (Å²) in [7, 11) is 0. The number of fused-ring (bicyclic) bond motifs is 1. The summed E-state index contributed by atoms with van der Waals surface area (Å²) in [6.45, 7) is 3.92. The zero-order chi connectivity index (χ0) is 22.6. The number of hydrogen-bond donors (Lipinski definition) is 0. The highest BCUT2D eigenvalue weighted by Crippen LogP contribution is 2.38. The van der Waals surface area contributed by atoms with Crippen LogP contribution < -0.4 is 0 Å². The van der Waals surface area contributed by atoms with Crippen molar-refractivity contribution < 1.29 is 14.3 Å². The standard InChI is InChI=1S/C12H13Cl2NO.C10H15Cl2NO2/c1-8-10-5-3-2-4-9(10)6-7-15(8)12(16)11(13)14;11-8(12)9(14)13-6-7-15-10(13)4-2-1-3-5-10/h2-5,8,11H,6-7H2,1H3;8H,1-7H2. The fourth-order valence-electron chi connectivity index (χ4n) is 4.75. The second-order valence-electron chi connectivity index (χ2n) is 8.10. The van der Waals surface area contributed by atoms with E-state index in [4.69, 9.17) is 51.1 Å². The molecule has 2 amide bonds. The smallest absolute Gasteiger partial charge is 0.258 e. The molecule has 0 bridgehead atoms. The van der Waals surface area contributed by atoms with E-state index in [1.165, 1.54) is 17.5 Å². The zero-order valence-corrected chi connectivity index (χ0v) is 20.6. The molecule has 4 rings (SSSR count). The molecule has 1 unspecified atom stereocenters. The van der Waals surface area contributed by atoms with E-state index in [2.05, 4.69) is 12.1 Å². The molecule has 1 aromatic carbocycles. The fraction of sp³-hybridized carbons (Fsp3) is 0.636. The van der Waals surface area contributed by atoms with E-state index >= 15 is 0 Å². The number of amides is 2. The van der Waals surface area contributed by atoms with Crippen LogP contribution in [0.5, 0.6) is 0 Å². The first kappa shape index (κ1) is 24.9. The van der Waals surface area contributed by atoms with Crippen LogP contribution in [0.4, 0.5) is 0 Å². The van der Waals surface area contributed by atoms with Crippen molar-refractivity contribution in [1.82, 2.24) is 9.80 Å². The Labute approximate surface area is 203 Å². The van der Waals surface area contributed by atoms with Crippen LogP contribution in [0.1, 0.15) is 56.2 Å². The lowest BCUT2D eigenvalue weighted by molar-refractivity contribution is -0.153. The van der Waals surface area contributed by atoms with Gasteiger partial charge in [-0.25, -0.2) is 0 Å². The first-order chi connectivity index (χ1) is 14.8. The van der Waals surface area contributed by atoms with Gasteiger partial charge in [0.2, 0.25) is 0 Å². The number of ether oxygens (including phenoxy) is 1. The number of alkyl halides is 4. The second kappa shape index (κ2) is 10.9. The molecular weight excluding hydrogens is 482 g/mol. The van der Waals surface area contributed by atoms with Gasteiger partial charge in [0.25, 0.3) is 11.8 Å². The Morgan fingerprint density at radius 1 is 1.00 bits per heavy atom. The first-order valence-electron chi connectivity index (χ1n) is 10.7. The van der Waals surface area contributed by atoms with Crippen LogP contribution >= 0.6 is 46.4 Å². The van der Waals surface area contributed by atoms with Gasteiger partial charge in [-0.15, -0.1) is 0 Å². The van der Waals surface area contributed by atoms with Gasteiger partial charge in [-0.1, -0.05) is 77.1 Å². The Balaban J connectivity index is 0.000000176. The van der Waals surface area contributed by atoms with Crippen molar-refractivity contribution in [2.24, 2.45) is 0 Å². The molecule has 0 radical (unpaired) electrons. The van der Waals surface area contributed by atoms with E-state index in [0.29, 0.717) is 19.7 Å². The van der Waals surface area contributed by atoms with Crippen molar-refractivity contribution in [3.8, 4) is 0 Å². The van der Waals surface area contributed by atoms with Crippen molar-refractivity contribution in [2.45, 2.75) is 66.9 Å². The largest absolute Gasteiger partial charge is 0.354 e. The molecule has 5 nitrogen and oxygen atoms in total. The van der Waals surface area contributed by atoms with E-state index in [-0.39, 0.29) is 17.9 Å². The number of carbonyl (C=O) groups is 2. The molecule has 1 saturated carbocycles. The minimum Gasteiger partial charge on any atom is -0.354 e. The Morgan fingerprint density at radius 2 is 1.65 bits per heavy atom. The van der Waals surface area contributed by atoms with Gasteiger partial charge in [0, 0.05) is 13.1 Å². The average molecular weight is 510 g/mol. The van der Waals surface area contributed by atoms with Crippen LogP contribution in [0.25, 0.3) is 0 Å².